The molecule has 1 unspecified atom stereocenters. The van der Waals surface area contributed by atoms with E-state index in [4.69, 9.17) is 15.6 Å². The molecule has 2 aliphatic carbocycles. The van der Waals surface area contributed by atoms with Gasteiger partial charge in [0.25, 0.3) is 5.91 Å². The molecule has 0 saturated heterocycles. The van der Waals surface area contributed by atoms with Crippen LogP contribution in [0.25, 0.3) is 0 Å². The third-order valence-corrected chi connectivity index (χ3v) is 7.40. The summed E-state index contributed by atoms with van der Waals surface area (Å²) in [4.78, 5) is 29.3. The van der Waals surface area contributed by atoms with E-state index in [1.54, 1.807) is 29.2 Å². The zero-order valence-corrected chi connectivity index (χ0v) is 22.6. The highest BCUT2D eigenvalue weighted by atomic mass is 19.1. The molecule has 0 aromatic carbocycles. The molecular weight excluding hydrogens is 501 g/mol. The quantitative estimate of drug-likeness (QED) is 0.405. The van der Waals surface area contributed by atoms with Crippen molar-refractivity contribution in [1.82, 2.24) is 24.6 Å². The molecule has 5 rings (SSSR count). The first-order valence-corrected chi connectivity index (χ1v) is 13.5. The van der Waals surface area contributed by atoms with Crippen molar-refractivity contribution >= 4 is 23.6 Å². The monoisotopic (exact) mass is 537 g/mol. The number of halogens is 1. The number of ether oxygens (including phenoxy) is 1. The number of carbonyl (C=O) groups is 2. The van der Waals surface area contributed by atoms with Gasteiger partial charge in [-0.1, -0.05) is 0 Å². The molecule has 4 N–H and O–H groups in total. The van der Waals surface area contributed by atoms with E-state index in [9.17, 15) is 14.0 Å². The number of carbonyl (C=O) groups excluding carboxylic acids is 2. The van der Waals surface area contributed by atoms with Crippen LogP contribution in [0.3, 0.4) is 0 Å². The summed E-state index contributed by atoms with van der Waals surface area (Å²) in [5.41, 5.74) is 6.38. The molecule has 2 aliphatic rings. The van der Waals surface area contributed by atoms with Crippen molar-refractivity contribution in [1.29, 1.82) is 0 Å². The number of amides is 1. The van der Waals surface area contributed by atoms with Gasteiger partial charge in [0.2, 0.25) is 0 Å². The smallest absolute Gasteiger partial charge is 0.418 e. The van der Waals surface area contributed by atoms with Gasteiger partial charge in [0.1, 0.15) is 17.6 Å². The lowest BCUT2D eigenvalue weighted by atomic mass is 9.81. The molecule has 2 saturated carbocycles. The van der Waals surface area contributed by atoms with Gasteiger partial charge < -0.3 is 21.1 Å². The third kappa shape index (κ3) is 6.13. The number of aromatic nitrogens is 4. The van der Waals surface area contributed by atoms with Gasteiger partial charge in [0, 0.05) is 37.0 Å². The van der Waals surface area contributed by atoms with Crippen molar-refractivity contribution in [3.05, 3.63) is 59.9 Å². The fourth-order valence-electron chi connectivity index (χ4n) is 5.23. The Hall–Kier alpha value is -3.73. The molecule has 2 atom stereocenters. The number of nitrogens with two attached hydrogens (primary N) is 1. The molecular formula is C28H36FN7O3. The average Bonchev–Trinajstić information content (AvgIpc) is 3.63. The standard InChI is InChI=1S/C28H36FN7O3/c1-28(2,3)36-24(15-23(34-36)18-6-7-20(14-18)39-27(38)35-10-4-5-11-35)33-25-21(29)8-9-22(32-25)26(37)31-16-17-12-19(30)13-17/h4-5,8-11,15,17-20H,6-7,12-14,16,30H2,1-3H3,(H,31,37)(H,32,33)/t17?,18-,19?,20?/m0/s1. The van der Waals surface area contributed by atoms with Crippen LogP contribution in [-0.2, 0) is 10.3 Å². The first kappa shape index (κ1) is 26.9. The fraction of sp³-hybridized carbons (Fsp3) is 0.500. The van der Waals surface area contributed by atoms with E-state index in [0.717, 1.165) is 31.4 Å². The van der Waals surface area contributed by atoms with E-state index >= 15 is 0 Å². The van der Waals surface area contributed by atoms with Crippen molar-refractivity contribution < 1.29 is 18.7 Å². The highest BCUT2D eigenvalue weighted by Crippen LogP contribution is 2.38. The van der Waals surface area contributed by atoms with Crippen molar-refractivity contribution in [2.75, 3.05) is 11.9 Å². The van der Waals surface area contributed by atoms with E-state index in [1.165, 1.54) is 16.7 Å². The molecule has 3 heterocycles. The highest BCUT2D eigenvalue weighted by Gasteiger charge is 2.32. The van der Waals surface area contributed by atoms with E-state index in [-0.39, 0.29) is 35.5 Å². The molecule has 1 amide bonds. The van der Waals surface area contributed by atoms with Crippen LogP contribution in [0.2, 0.25) is 0 Å². The van der Waals surface area contributed by atoms with E-state index in [0.29, 0.717) is 24.7 Å². The van der Waals surface area contributed by atoms with Gasteiger partial charge in [-0.3, -0.25) is 9.36 Å². The Kier molecular flexibility index (Phi) is 7.44. The number of rotatable bonds is 7. The molecule has 0 aliphatic heterocycles. The zero-order valence-electron chi connectivity index (χ0n) is 22.6. The summed E-state index contributed by atoms with van der Waals surface area (Å²) in [6, 6.07) is 8.26. The summed E-state index contributed by atoms with van der Waals surface area (Å²) in [7, 11) is 0. The van der Waals surface area contributed by atoms with Crippen molar-refractivity contribution in [3.8, 4) is 0 Å². The van der Waals surface area contributed by atoms with Crippen LogP contribution in [-0.4, -0.2) is 50.0 Å². The van der Waals surface area contributed by atoms with Crippen molar-refractivity contribution in [2.45, 2.75) is 76.5 Å². The van der Waals surface area contributed by atoms with Gasteiger partial charge in [-0.05, 0) is 83.1 Å². The van der Waals surface area contributed by atoms with Crippen LogP contribution < -0.4 is 16.4 Å². The third-order valence-electron chi connectivity index (χ3n) is 7.40. The highest BCUT2D eigenvalue weighted by molar-refractivity contribution is 5.92. The molecule has 10 nitrogen and oxygen atoms in total. The Labute approximate surface area is 227 Å². The average molecular weight is 538 g/mol. The molecule has 3 aromatic heterocycles. The Bertz CT molecular complexity index is 1330. The Balaban J connectivity index is 1.29. The summed E-state index contributed by atoms with van der Waals surface area (Å²) in [6.45, 7) is 6.54. The minimum Gasteiger partial charge on any atom is -0.446 e. The Morgan fingerprint density at radius 3 is 2.59 bits per heavy atom. The lowest BCUT2D eigenvalue weighted by Gasteiger charge is -2.32. The molecule has 0 spiro atoms. The predicted octanol–water partition coefficient (Wildman–Crippen LogP) is 4.51. The molecule has 39 heavy (non-hydrogen) atoms. The Morgan fingerprint density at radius 1 is 1.15 bits per heavy atom. The van der Waals surface area contributed by atoms with Crippen LogP contribution in [0.1, 0.15) is 75.0 Å². The van der Waals surface area contributed by atoms with Crippen molar-refractivity contribution in [3.63, 3.8) is 0 Å². The van der Waals surface area contributed by atoms with Crippen LogP contribution in [0.5, 0.6) is 0 Å². The predicted molar refractivity (Wildman–Crippen MR) is 144 cm³/mol. The van der Waals surface area contributed by atoms with E-state index in [2.05, 4.69) is 15.6 Å². The van der Waals surface area contributed by atoms with E-state index in [1.807, 2.05) is 26.8 Å². The number of pyridine rings is 1. The van der Waals surface area contributed by atoms with Gasteiger partial charge in [-0.2, -0.15) is 5.10 Å². The van der Waals surface area contributed by atoms with Crippen LogP contribution >= 0.6 is 0 Å². The maximum absolute atomic E-state index is 14.8. The minimum atomic E-state index is -0.572. The second-order valence-electron chi connectivity index (χ2n) is 11.6. The summed E-state index contributed by atoms with van der Waals surface area (Å²) in [5.74, 6) is 0.0563. The number of nitrogens with one attached hydrogen (secondary N) is 2. The van der Waals surface area contributed by atoms with Gasteiger partial charge in [-0.25, -0.2) is 18.9 Å². The molecule has 11 heteroatoms. The van der Waals surface area contributed by atoms with Gasteiger partial charge in [-0.15, -0.1) is 0 Å². The summed E-state index contributed by atoms with van der Waals surface area (Å²) in [5, 5.41) is 10.8. The lowest BCUT2D eigenvalue weighted by Crippen LogP contribution is -2.42. The van der Waals surface area contributed by atoms with Gasteiger partial charge in [0.05, 0.1) is 11.2 Å². The van der Waals surface area contributed by atoms with E-state index < -0.39 is 17.4 Å². The number of hydrogen-bond acceptors (Lipinski definition) is 7. The zero-order chi connectivity index (χ0) is 27.7. The number of hydrogen-bond donors (Lipinski definition) is 3. The first-order valence-electron chi connectivity index (χ1n) is 13.5. The van der Waals surface area contributed by atoms with Crippen LogP contribution in [0.4, 0.5) is 20.8 Å². The summed E-state index contributed by atoms with van der Waals surface area (Å²) >= 11 is 0. The van der Waals surface area contributed by atoms with Crippen LogP contribution in [0.15, 0.2) is 42.7 Å². The maximum Gasteiger partial charge on any atom is 0.418 e. The summed E-state index contributed by atoms with van der Waals surface area (Å²) in [6.07, 6.45) is 6.71. The molecule has 208 valence electrons. The van der Waals surface area contributed by atoms with Crippen molar-refractivity contribution in [2.24, 2.45) is 11.7 Å². The molecule has 2 fully saturated rings. The van der Waals surface area contributed by atoms with Crippen LogP contribution in [0, 0.1) is 11.7 Å². The Morgan fingerprint density at radius 2 is 1.90 bits per heavy atom. The topological polar surface area (TPSA) is 129 Å². The summed E-state index contributed by atoms with van der Waals surface area (Å²) < 4.78 is 23.7. The van der Waals surface area contributed by atoms with Gasteiger partial charge in [0.15, 0.2) is 11.6 Å². The number of nitrogens with zero attached hydrogens (tertiary/aromatic N) is 4. The molecule has 0 radical (unpaired) electrons. The molecule has 0 bridgehead atoms. The molecule has 3 aromatic rings. The fourth-order valence-corrected chi connectivity index (χ4v) is 5.23. The minimum absolute atomic E-state index is 0.0461. The van der Waals surface area contributed by atoms with Gasteiger partial charge >= 0.3 is 6.09 Å². The first-order chi connectivity index (χ1) is 18.6. The number of anilines is 2. The largest absolute Gasteiger partial charge is 0.446 e. The second-order valence-corrected chi connectivity index (χ2v) is 11.6. The normalized spacial score (nSPS) is 22.8. The SMILES string of the molecule is CC(C)(C)n1nc([C@H]2CCC(OC(=O)n3cccc3)C2)cc1Nc1nc(C(=O)NCC2CC(N)C2)ccc1F. The maximum atomic E-state index is 14.8. The lowest BCUT2D eigenvalue weighted by molar-refractivity contribution is 0.0929. The second kappa shape index (κ2) is 10.8.